The molecular weight excluding hydrogens is 388 g/mol. The number of nitrogens with zero attached hydrogens (tertiary/aromatic N) is 1. The summed E-state index contributed by atoms with van der Waals surface area (Å²) in [7, 11) is 3.77. The van der Waals surface area contributed by atoms with Crippen molar-refractivity contribution in [1.82, 2.24) is 5.32 Å². The summed E-state index contributed by atoms with van der Waals surface area (Å²) in [5.41, 5.74) is 2.33. The van der Waals surface area contributed by atoms with Crippen molar-refractivity contribution >= 4 is 34.8 Å². The van der Waals surface area contributed by atoms with Crippen LogP contribution in [0.1, 0.15) is 34.6 Å². The summed E-state index contributed by atoms with van der Waals surface area (Å²) in [5.74, 6) is -0.430. The van der Waals surface area contributed by atoms with Crippen LogP contribution in [0.2, 0.25) is 5.02 Å². The molecule has 0 spiro atoms. The van der Waals surface area contributed by atoms with Gasteiger partial charge in [-0.2, -0.15) is 0 Å². The van der Waals surface area contributed by atoms with Crippen molar-refractivity contribution in [3.8, 4) is 0 Å². The summed E-state index contributed by atoms with van der Waals surface area (Å²) >= 11 is 5.97. The molecule has 0 heterocycles. The minimum Gasteiger partial charge on any atom is -0.377 e. The first-order chi connectivity index (χ1) is 13.8. The first-order valence-corrected chi connectivity index (χ1v) is 10.2. The Balaban J connectivity index is 2.16. The van der Waals surface area contributed by atoms with E-state index in [1.54, 1.807) is 36.4 Å². The molecular formula is C22H30ClN4O2+. The van der Waals surface area contributed by atoms with Crippen LogP contribution in [0.25, 0.3) is 0 Å². The first-order valence-electron chi connectivity index (χ1n) is 9.85. The van der Waals surface area contributed by atoms with Crippen molar-refractivity contribution in [3.05, 3.63) is 58.6 Å². The molecule has 0 aromatic heterocycles. The summed E-state index contributed by atoms with van der Waals surface area (Å²) in [6.07, 6.45) is 0. The van der Waals surface area contributed by atoms with E-state index in [1.165, 1.54) is 4.90 Å². The molecule has 2 rings (SSSR count). The number of carbonyl (C=O) groups is 2. The fourth-order valence-corrected chi connectivity index (χ4v) is 3.26. The molecule has 0 atom stereocenters. The molecule has 0 saturated heterocycles. The van der Waals surface area contributed by atoms with Gasteiger partial charge in [-0.1, -0.05) is 17.7 Å². The number of benzene rings is 2. The SMILES string of the molecule is CC[NH+](CC)CCNC(=O)c1cc(NC(=O)c2cccc(Cl)c2)ccc1N(C)C. The summed E-state index contributed by atoms with van der Waals surface area (Å²) in [6, 6.07) is 12.1. The van der Waals surface area contributed by atoms with Gasteiger partial charge in [-0.25, -0.2) is 0 Å². The highest BCUT2D eigenvalue weighted by molar-refractivity contribution is 6.31. The molecule has 6 nitrogen and oxygen atoms in total. The monoisotopic (exact) mass is 417 g/mol. The van der Waals surface area contributed by atoms with Crippen LogP contribution in [0.15, 0.2) is 42.5 Å². The van der Waals surface area contributed by atoms with Gasteiger partial charge in [-0.3, -0.25) is 9.59 Å². The number of likely N-dealkylation sites (N-methyl/N-ethyl adjacent to an activating group) is 1. The molecule has 2 amide bonds. The number of amides is 2. The van der Waals surface area contributed by atoms with Crippen molar-refractivity contribution in [2.24, 2.45) is 0 Å². The van der Waals surface area contributed by atoms with E-state index in [4.69, 9.17) is 11.6 Å². The van der Waals surface area contributed by atoms with E-state index in [0.717, 1.165) is 25.3 Å². The van der Waals surface area contributed by atoms with Crippen molar-refractivity contribution < 1.29 is 14.5 Å². The molecule has 3 N–H and O–H groups in total. The zero-order chi connectivity index (χ0) is 21.4. The average Bonchev–Trinajstić information content (AvgIpc) is 2.70. The normalized spacial score (nSPS) is 10.7. The predicted molar refractivity (Wildman–Crippen MR) is 119 cm³/mol. The van der Waals surface area contributed by atoms with Crippen molar-refractivity contribution in [2.75, 3.05) is 50.5 Å². The number of anilines is 2. The van der Waals surface area contributed by atoms with E-state index in [-0.39, 0.29) is 11.8 Å². The van der Waals surface area contributed by atoms with Crippen LogP contribution >= 0.6 is 11.6 Å². The van der Waals surface area contributed by atoms with Gasteiger partial charge in [0.05, 0.1) is 31.7 Å². The van der Waals surface area contributed by atoms with Crippen LogP contribution in [0.3, 0.4) is 0 Å². The molecule has 156 valence electrons. The van der Waals surface area contributed by atoms with Crippen LogP contribution in [-0.4, -0.2) is 52.1 Å². The summed E-state index contributed by atoms with van der Waals surface area (Å²) in [5, 5.41) is 6.33. The standard InChI is InChI=1S/C22H29ClN4O2/c1-5-27(6-2)13-12-24-22(29)19-15-18(10-11-20(19)26(3)4)25-21(28)16-8-7-9-17(23)14-16/h7-11,14-15H,5-6,12-13H2,1-4H3,(H,24,29)(H,25,28)/p+1. The Morgan fingerprint density at radius 1 is 1.03 bits per heavy atom. The van der Waals surface area contributed by atoms with E-state index in [9.17, 15) is 9.59 Å². The van der Waals surface area contributed by atoms with E-state index in [1.807, 2.05) is 25.1 Å². The van der Waals surface area contributed by atoms with Gasteiger partial charge in [-0.15, -0.1) is 0 Å². The number of nitrogens with one attached hydrogen (secondary N) is 3. The van der Waals surface area contributed by atoms with Gasteiger partial charge in [0.2, 0.25) is 0 Å². The number of hydrogen-bond acceptors (Lipinski definition) is 3. The smallest absolute Gasteiger partial charge is 0.255 e. The Kier molecular flexibility index (Phi) is 8.49. The van der Waals surface area contributed by atoms with Gasteiger partial charge in [0.1, 0.15) is 0 Å². The highest BCUT2D eigenvalue weighted by Gasteiger charge is 2.16. The Labute approximate surface area is 177 Å². The lowest BCUT2D eigenvalue weighted by molar-refractivity contribution is -0.895. The second-order valence-electron chi connectivity index (χ2n) is 7.05. The molecule has 0 bridgehead atoms. The van der Waals surface area contributed by atoms with Gasteiger partial charge < -0.3 is 20.4 Å². The molecule has 0 aliphatic rings. The maximum absolute atomic E-state index is 12.8. The predicted octanol–water partition coefficient (Wildman–Crippen LogP) is 2.31. The number of carbonyl (C=O) groups excluding carboxylic acids is 2. The number of rotatable bonds is 9. The van der Waals surface area contributed by atoms with Crippen molar-refractivity contribution in [1.29, 1.82) is 0 Å². The molecule has 2 aromatic carbocycles. The van der Waals surface area contributed by atoms with E-state index < -0.39 is 0 Å². The highest BCUT2D eigenvalue weighted by Crippen LogP contribution is 2.23. The average molecular weight is 418 g/mol. The van der Waals surface area contributed by atoms with E-state index >= 15 is 0 Å². The maximum atomic E-state index is 12.8. The number of halogens is 1. The lowest BCUT2D eigenvalue weighted by atomic mass is 10.1. The zero-order valence-electron chi connectivity index (χ0n) is 17.5. The third kappa shape index (κ3) is 6.48. The largest absolute Gasteiger partial charge is 0.377 e. The summed E-state index contributed by atoms with van der Waals surface area (Å²) < 4.78 is 0. The van der Waals surface area contributed by atoms with E-state index in [0.29, 0.717) is 28.4 Å². The lowest BCUT2D eigenvalue weighted by Gasteiger charge is -2.19. The summed E-state index contributed by atoms with van der Waals surface area (Å²) in [6.45, 7) is 7.80. The Hall–Kier alpha value is -2.57. The molecule has 0 aliphatic heterocycles. The Morgan fingerprint density at radius 2 is 1.76 bits per heavy atom. The minimum absolute atomic E-state index is 0.154. The van der Waals surface area contributed by atoms with Crippen LogP contribution in [0.5, 0.6) is 0 Å². The minimum atomic E-state index is -0.276. The highest BCUT2D eigenvalue weighted by atomic mass is 35.5. The van der Waals surface area contributed by atoms with Crippen LogP contribution in [-0.2, 0) is 0 Å². The zero-order valence-corrected chi connectivity index (χ0v) is 18.3. The Morgan fingerprint density at radius 3 is 2.38 bits per heavy atom. The van der Waals surface area contributed by atoms with Gasteiger partial charge in [0.25, 0.3) is 11.8 Å². The molecule has 0 saturated carbocycles. The molecule has 7 heteroatoms. The van der Waals surface area contributed by atoms with Gasteiger partial charge in [-0.05, 0) is 50.2 Å². The Bertz CT molecular complexity index is 850. The number of quaternary nitrogens is 1. The third-order valence-electron chi connectivity index (χ3n) is 4.83. The van der Waals surface area contributed by atoms with Gasteiger partial charge in [0, 0.05) is 36.1 Å². The molecule has 0 aliphatic carbocycles. The van der Waals surface area contributed by atoms with E-state index in [2.05, 4.69) is 24.5 Å². The topological polar surface area (TPSA) is 65.9 Å². The van der Waals surface area contributed by atoms with Crippen LogP contribution < -0.4 is 20.4 Å². The molecule has 0 fully saturated rings. The summed E-state index contributed by atoms with van der Waals surface area (Å²) in [4.78, 5) is 28.6. The lowest BCUT2D eigenvalue weighted by Crippen LogP contribution is -3.12. The fourth-order valence-electron chi connectivity index (χ4n) is 3.07. The molecule has 0 unspecified atom stereocenters. The molecule has 0 radical (unpaired) electrons. The fraction of sp³-hybridized carbons (Fsp3) is 0.364. The van der Waals surface area contributed by atoms with Crippen molar-refractivity contribution in [3.63, 3.8) is 0 Å². The van der Waals surface area contributed by atoms with Crippen LogP contribution in [0.4, 0.5) is 11.4 Å². The first kappa shape index (κ1) is 22.7. The van der Waals surface area contributed by atoms with Gasteiger partial charge >= 0.3 is 0 Å². The molecule has 2 aromatic rings. The van der Waals surface area contributed by atoms with Gasteiger partial charge in [0.15, 0.2) is 0 Å². The van der Waals surface area contributed by atoms with Crippen molar-refractivity contribution in [2.45, 2.75) is 13.8 Å². The number of hydrogen-bond donors (Lipinski definition) is 3. The second kappa shape index (κ2) is 10.8. The van der Waals surface area contributed by atoms with Crippen LogP contribution in [0, 0.1) is 0 Å². The second-order valence-corrected chi connectivity index (χ2v) is 7.49. The quantitative estimate of drug-likeness (QED) is 0.586. The molecule has 29 heavy (non-hydrogen) atoms. The third-order valence-corrected chi connectivity index (χ3v) is 5.07. The maximum Gasteiger partial charge on any atom is 0.255 e.